The van der Waals surface area contributed by atoms with Gasteiger partial charge in [0.15, 0.2) is 5.17 Å². The van der Waals surface area contributed by atoms with Crippen molar-refractivity contribution >= 4 is 44.8 Å². The lowest BCUT2D eigenvalue weighted by Gasteiger charge is -2.32. The molecule has 1 aromatic rings. The first kappa shape index (κ1) is 14.8. The molecule has 6 heteroatoms. The van der Waals surface area contributed by atoms with Crippen molar-refractivity contribution in [2.45, 2.75) is 0 Å². The molecule has 0 N–H and O–H groups in total. The second kappa shape index (κ2) is 6.34. The summed E-state index contributed by atoms with van der Waals surface area (Å²) in [5.74, 6) is -0.135. The number of piperazine rings is 1. The van der Waals surface area contributed by atoms with Gasteiger partial charge in [-0.2, -0.15) is 4.99 Å². The Labute approximate surface area is 137 Å². The van der Waals surface area contributed by atoms with Crippen molar-refractivity contribution in [1.82, 2.24) is 9.80 Å². The van der Waals surface area contributed by atoms with E-state index in [0.29, 0.717) is 4.91 Å². The fourth-order valence-electron chi connectivity index (χ4n) is 2.26. The molecule has 3 rings (SSSR count). The summed E-state index contributed by atoms with van der Waals surface area (Å²) in [7, 11) is 2.12. The Morgan fingerprint density at radius 2 is 1.95 bits per heavy atom. The van der Waals surface area contributed by atoms with Gasteiger partial charge >= 0.3 is 0 Å². The Morgan fingerprint density at radius 3 is 2.67 bits per heavy atom. The number of likely N-dealkylation sites (N-methyl/N-ethyl adjacent to an activating group) is 1. The number of halogens is 1. The third-order valence-electron chi connectivity index (χ3n) is 3.57. The predicted molar refractivity (Wildman–Crippen MR) is 91.2 cm³/mol. The van der Waals surface area contributed by atoms with Gasteiger partial charge in [-0.15, -0.1) is 0 Å². The average Bonchev–Trinajstić information content (AvgIpc) is 2.83. The summed E-state index contributed by atoms with van der Waals surface area (Å²) < 4.78 is 0.985. The number of nitrogens with zero attached hydrogens (tertiary/aromatic N) is 3. The third kappa shape index (κ3) is 3.39. The van der Waals surface area contributed by atoms with Crippen LogP contribution in [0.4, 0.5) is 0 Å². The van der Waals surface area contributed by atoms with Crippen molar-refractivity contribution in [2.75, 3.05) is 33.2 Å². The first-order valence-corrected chi connectivity index (χ1v) is 8.45. The molecule has 2 heterocycles. The van der Waals surface area contributed by atoms with Crippen LogP contribution in [0.15, 0.2) is 38.6 Å². The molecule has 2 aliphatic heterocycles. The molecule has 4 nitrogen and oxygen atoms in total. The number of hydrogen-bond acceptors (Lipinski definition) is 4. The van der Waals surface area contributed by atoms with Crippen LogP contribution in [0.2, 0.25) is 0 Å². The molecule has 1 fully saturated rings. The number of carbonyl (C=O) groups is 1. The highest BCUT2D eigenvalue weighted by Gasteiger charge is 2.27. The molecule has 2 aliphatic rings. The summed E-state index contributed by atoms with van der Waals surface area (Å²) in [6, 6.07) is 7.88. The zero-order chi connectivity index (χ0) is 14.8. The van der Waals surface area contributed by atoms with Gasteiger partial charge in [-0.3, -0.25) is 4.79 Å². The topological polar surface area (TPSA) is 35.9 Å². The van der Waals surface area contributed by atoms with E-state index in [1.54, 1.807) is 0 Å². The van der Waals surface area contributed by atoms with E-state index >= 15 is 0 Å². The first-order chi connectivity index (χ1) is 10.1. The molecule has 0 spiro atoms. The van der Waals surface area contributed by atoms with Gasteiger partial charge in [-0.25, -0.2) is 0 Å². The fourth-order valence-corrected chi connectivity index (χ4v) is 3.62. The summed E-state index contributed by atoms with van der Waals surface area (Å²) in [6.07, 6.45) is 1.91. The van der Waals surface area contributed by atoms with E-state index in [4.69, 9.17) is 0 Å². The van der Waals surface area contributed by atoms with Crippen LogP contribution in [0.1, 0.15) is 5.56 Å². The Kier molecular flexibility index (Phi) is 4.47. The molecular formula is C15H16BrN3OS. The standard InChI is InChI=1S/C15H16BrN3OS/c1-18-6-8-19(9-7-18)15-17-14(20)13(21-15)10-11-4-2-3-5-12(11)16/h2-5,10H,6-9H2,1H3. The van der Waals surface area contributed by atoms with Crippen molar-refractivity contribution in [3.63, 3.8) is 0 Å². The minimum Gasteiger partial charge on any atom is -0.348 e. The van der Waals surface area contributed by atoms with E-state index in [9.17, 15) is 4.79 Å². The first-order valence-electron chi connectivity index (χ1n) is 6.84. The van der Waals surface area contributed by atoms with E-state index in [1.807, 2.05) is 30.3 Å². The molecule has 0 aliphatic carbocycles. The Hall–Kier alpha value is -1.11. The monoisotopic (exact) mass is 365 g/mol. The number of amides is 1. The zero-order valence-electron chi connectivity index (χ0n) is 11.8. The number of benzene rings is 1. The highest BCUT2D eigenvalue weighted by molar-refractivity contribution is 9.10. The Balaban J connectivity index is 1.74. The van der Waals surface area contributed by atoms with Crippen LogP contribution in [-0.4, -0.2) is 54.1 Å². The molecule has 1 aromatic carbocycles. The number of hydrogen-bond donors (Lipinski definition) is 0. The molecular weight excluding hydrogens is 350 g/mol. The van der Waals surface area contributed by atoms with Crippen molar-refractivity contribution < 1.29 is 4.79 Å². The molecule has 0 saturated carbocycles. The maximum atomic E-state index is 12.1. The van der Waals surface area contributed by atoms with Gasteiger partial charge in [0.1, 0.15) is 0 Å². The smallest absolute Gasteiger partial charge is 0.286 e. The lowest BCUT2D eigenvalue weighted by Crippen LogP contribution is -2.46. The van der Waals surface area contributed by atoms with Crippen LogP contribution < -0.4 is 0 Å². The van der Waals surface area contributed by atoms with Crippen LogP contribution in [0.25, 0.3) is 6.08 Å². The van der Waals surface area contributed by atoms with Crippen LogP contribution >= 0.6 is 27.7 Å². The van der Waals surface area contributed by atoms with Gasteiger partial charge < -0.3 is 9.80 Å². The van der Waals surface area contributed by atoms with Crippen molar-refractivity contribution in [1.29, 1.82) is 0 Å². The molecule has 21 heavy (non-hydrogen) atoms. The second-order valence-electron chi connectivity index (χ2n) is 5.12. The third-order valence-corrected chi connectivity index (χ3v) is 5.34. The van der Waals surface area contributed by atoms with Gasteiger partial charge in [0, 0.05) is 30.7 Å². The molecule has 0 atom stereocenters. The SMILES string of the molecule is CN1CCN(C2=NC(=O)C(=Cc3ccccc3Br)S2)CC1. The molecule has 0 unspecified atom stereocenters. The lowest BCUT2D eigenvalue weighted by atomic mass is 10.2. The second-order valence-corrected chi connectivity index (χ2v) is 6.99. The zero-order valence-corrected chi connectivity index (χ0v) is 14.2. The number of carbonyl (C=O) groups excluding carboxylic acids is 1. The van der Waals surface area contributed by atoms with E-state index in [1.165, 1.54) is 11.8 Å². The molecule has 0 radical (unpaired) electrons. The van der Waals surface area contributed by atoms with Crippen molar-refractivity contribution in [3.05, 3.63) is 39.2 Å². The average molecular weight is 366 g/mol. The maximum absolute atomic E-state index is 12.1. The summed E-state index contributed by atoms with van der Waals surface area (Å²) in [6.45, 7) is 3.88. The molecule has 110 valence electrons. The summed E-state index contributed by atoms with van der Waals surface area (Å²) in [5.41, 5.74) is 1.00. The minimum atomic E-state index is -0.135. The number of thioether (sulfide) groups is 1. The normalized spacial score (nSPS) is 22.0. The molecule has 1 amide bonds. The van der Waals surface area contributed by atoms with Crippen molar-refractivity contribution in [3.8, 4) is 0 Å². The fraction of sp³-hybridized carbons (Fsp3) is 0.333. The van der Waals surface area contributed by atoms with Crippen LogP contribution in [-0.2, 0) is 4.79 Å². The number of rotatable bonds is 1. The van der Waals surface area contributed by atoms with E-state index in [0.717, 1.165) is 41.4 Å². The Morgan fingerprint density at radius 1 is 1.24 bits per heavy atom. The molecule has 0 aromatic heterocycles. The Bertz CT molecular complexity index is 621. The van der Waals surface area contributed by atoms with E-state index in [2.05, 4.69) is 37.8 Å². The summed E-state index contributed by atoms with van der Waals surface area (Å²) in [5, 5.41) is 0.839. The predicted octanol–water partition coefficient (Wildman–Crippen LogP) is 2.67. The summed E-state index contributed by atoms with van der Waals surface area (Å²) >= 11 is 4.98. The van der Waals surface area contributed by atoms with Crippen LogP contribution in [0, 0.1) is 0 Å². The van der Waals surface area contributed by atoms with Gasteiger partial charge in [-0.05, 0) is 36.5 Å². The molecule has 1 saturated heterocycles. The van der Waals surface area contributed by atoms with Crippen LogP contribution in [0.5, 0.6) is 0 Å². The number of aliphatic imine (C=N–C) groups is 1. The van der Waals surface area contributed by atoms with Crippen LogP contribution in [0.3, 0.4) is 0 Å². The largest absolute Gasteiger partial charge is 0.348 e. The van der Waals surface area contributed by atoms with Crippen molar-refractivity contribution in [2.24, 2.45) is 4.99 Å². The van der Waals surface area contributed by atoms with Gasteiger partial charge in [0.2, 0.25) is 0 Å². The highest BCUT2D eigenvalue weighted by atomic mass is 79.9. The van der Waals surface area contributed by atoms with Gasteiger partial charge in [-0.1, -0.05) is 34.1 Å². The van der Waals surface area contributed by atoms with E-state index < -0.39 is 0 Å². The number of amidine groups is 1. The molecule has 0 bridgehead atoms. The minimum absolute atomic E-state index is 0.135. The maximum Gasteiger partial charge on any atom is 0.286 e. The van der Waals surface area contributed by atoms with Gasteiger partial charge in [0.25, 0.3) is 5.91 Å². The van der Waals surface area contributed by atoms with E-state index in [-0.39, 0.29) is 5.91 Å². The highest BCUT2D eigenvalue weighted by Crippen LogP contribution is 2.32. The quantitative estimate of drug-likeness (QED) is 0.716. The van der Waals surface area contributed by atoms with Gasteiger partial charge in [0.05, 0.1) is 4.91 Å². The summed E-state index contributed by atoms with van der Waals surface area (Å²) in [4.78, 5) is 21.5. The lowest BCUT2D eigenvalue weighted by molar-refractivity contribution is -0.113.